The molecule has 0 aliphatic rings. The van der Waals surface area contributed by atoms with Gasteiger partial charge in [-0.3, -0.25) is 4.79 Å². The largest absolute Gasteiger partial charge is 0.504 e. The number of nitrogens with one attached hydrogen (secondary N) is 1. The zero-order valence-electron chi connectivity index (χ0n) is 8.71. The fourth-order valence-electron chi connectivity index (χ4n) is 1.30. The quantitative estimate of drug-likeness (QED) is 0.751. The first-order chi connectivity index (χ1) is 8.49. The van der Waals surface area contributed by atoms with E-state index in [-0.39, 0.29) is 22.4 Å². The smallest absolute Gasteiger partial charge is 0.266 e. The lowest BCUT2D eigenvalue weighted by Crippen LogP contribution is -2.10. The topological polar surface area (TPSA) is 49.3 Å². The molecule has 2 rings (SSSR count). The molecule has 0 unspecified atom stereocenters. The van der Waals surface area contributed by atoms with Crippen LogP contribution in [0.3, 0.4) is 0 Å². The van der Waals surface area contributed by atoms with Crippen LogP contribution in [0.4, 0.5) is 5.69 Å². The highest BCUT2D eigenvalue weighted by molar-refractivity contribution is 9.10. The average Bonchev–Trinajstić information content (AvgIpc) is 2.71. The van der Waals surface area contributed by atoms with Gasteiger partial charge in [0.25, 0.3) is 5.91 Å². The molecular formula is C11H6BrCl2NO2S. The maximum atomic E-state index is 11.9. The van der Waals surface area contributed by atoms with E-state index in [1.54, 1.807) is 11.4 Å². The number of hydrogen-bond acceptors (Lipinski definition) is 3. The third-order valence-electron chi connectivity index (χ3n) is 2.10. The van der Waals surface area contributed by atoms with Gasteiger partial charge in [-0.25, -0.2) is 0 Å². The molecule has 18 heavy (non-hydrogen) atoms. The minimum absolute atomic E-state index is 0.0862. The Morgan fingerprint density at radius 1 is 1.39 bits per heavy atom. The third-order valence-corrected chi connectivity index (χ3v) is 4.44. The molecule has 2 N–H and O–H groups in total. The molecule has 1 aromatic heterocycles. The van der Waals surface area contributed by atoms with Gasteiger partial charge >= 0.3 is 0 Å². The summed E-state index contributed by atoms with van der Waals surface area (Å²) in [6.07, 6.45) is 0. The van der Waals surface area contributed by atoms with Gasteiger partial charge in [-0.1, -0.05) is 23.2 Å². The van der Waals surface area contributed by atoms with E-state index >= 15 is 0 Å². The highest BCUT2D eigenvalue weighted by atomic mass is 79.9. The third kappa shape index (κ3) is 2.80. The van der Waals surface area contributed by atoms with Crippen LogP contribution in [0.5, 0.6) is 5.75 Å². The van der Waals surface area contributed by atoms with Crippen LogP contribution in [0.15, 0.2) is 28.1 Å². The number of amides is 1. The molecular weight excluding hydrogens is 361 g/mol. The number of rotatable bonds is 2. The number of anilines is 1. The second-order valence-corrected chi connectivity index (χ2v) is 5.95. The van der Waals surface area contributed by atoms with E-state index in [0.29, 0.717) is 14.4 Å². The molecule has 3 nitrogen and oxygen atoms in total. The molecule has 0 saturated heterocycles. The summed E-state index contributed by atoms with van der Waals surface area (Å²) < 4.78 is 0.692. The SMILES string of the molecule is O=C(Nc1cc(Cl)cc(Cl)c1O)c1sccc1Br. The van der Waals surface area contributed by atoms with Gasteiger partial charge in [-0.2, -0.15) is 0 Å². The zero-order valence-corrected chi connectivity index (χ0v) is 12.6. The molecule has 0 aliphatic heterocycles. The second-order valence-electron chi connectivity index (χ2n) is 3.34. The van der Waals surface area contributed by atoms with Crippen LogP contribution >= 0.6 is 50.5 Å². The van der Waals surface area contributed by atoms with Crippen molar-refractivity contribution in [2.45, 2.75) is 0 Å². The molecule has 0 atom stereocenters. The number of hydrogen-bond donors (Lipinski definition) is 2. The summed E-state index contributed by atoms with van der Waals surface area (Å²) in [7, 11) is 0. The fraction of sp³-hybridized carbons (Fsp3) is 0. The Bertz CT molecular complexity index is 615. The van der Waals surface area contributed by atoms with Gasteiger partial charge < -0.3 is 10.4 Å². The van der Waals surface area contributed by atoms with E-state index < -0.39 is 0 Å². The molecule has 1 heterocycles. The molecule has 2 aromatic rings. The highest BCUT2D eigenvalue weighted by Crippen LogP contribution is 2.35. The van der Waals surface area contributed by atoms with E-state index in [4.69, 9.17) is 23.2 Å². The van der Waals surface area contributed by atoms with E-state index in [1.807, 2.05) is 0 Å². The Kier molecular flexibility index (Phi) is 4.17. The lowest BCUT2D eigenvalue weighted by atomic mass is 10.3. The van der Waals surface area contributed by atoms with Crippen LogP contribution in [0.2, 0.25) is 10.0 Å². The highest BCUT2D eigenvalue weighted by Gasteiger charge is 2.15. The number of phenols is 1. The van der Waals surface area contributed by atoms with Crippen LogP contribution < -0.4 is 5.32 Å². The molecule has 0 spiro atoms. The summed E-state index contributed by atoms with van der Waals surface area (Å²) in [6, 6.07) is 4.60. The molecule has 0 saturated carbocycles. The monoisotopic (exact) mass is 365 g/mol. The number of phenolic OH excluding ortho intramolecular Hbond substituents is 1. The summed E-state index contributed by atoms with van der Waals surface area (Å²) in [6.45, 7) is 0. The molecule has 1 amide bonds. The minimum atomic E-state index is -0.342. The van der Waals surface area contributed by atoms with Crippen molar-refractivity contribution in [3.05, 3.63) is 43.0 Å². The Balaban J connectivity index is 2.30. The fourth-order valence-corrected chi connectivity index (χ4v) is 3.24. The van der Waals surface area contributed by atoms with Gasteiger partial charge in [0.05, 0.1) is 10.7 Å². The lowest BCUT2D eigenvalue weighted by Gasteiger charge is -2.08. The molecule has 0 aliphatic carbocycles. The summed E-state index contributed by atoms with van der Waals surface area (Å²) in [5.41, 5.74) is 0.179. The molecule has 94 valence electrons. The maximum absolute atomic E-state index is 11.9. The van der Waals surface area contributed by atoms with Crippen molar-refractivity contribution in [1.82, 2.24) is 0 Å². The van der Waals surface area contributed by atoms with E-state index in [1.165, 1.54) is 23.5 Å². The second kappa shape index (κ2) is 5.48. The number of aromatic hydroxyl groups is 1. The first-order valence-corrected chi connectivity index (χ1v) is 7.14. The number of carbonyl (C=O) groups excluding carboxylic acids is 1. The van der Waals surface area contributed by atoms with Crippen molar-refractivity contribution < 1.29 is 9.90 Å². The van der Waals surface area contributed by atoms with Gasteiger partial charge in [0, 0.05) is 9.50 Å². The van der Waals surface area contributed by atoms with Crippen molar-refractivity contribution in [3.63, 3.8) is 0 Å². The predicted molar refractivity (Wildman–Crippen MR) is 78.1 cm³/mol. The zero-order chi connectivity index (χ0) is 13.3. The summed E-state index contributed by atoms with van der Waals surface area (Å²) >= 11 is 16.1. The van der Waals surface area contributed by atoms with Crippen molar-refractivity contribution in [2.75, 3.05) is 5.32 Å². The first kappa shape index (κ1) is 13.7. The molecule has 0 fully saturated rings. The van der Waals surface area contributed by atoms with Gasteiger partial charge in [0.2, 0.25) is 0 Å². The number of thiophene rings is 1. The van der Waals surface area contributed by atoms with Crippen molar-refractivity contribution in [1.29, 1.82) is 0 Å². The Hall–Kier alpha value is -0.750. The van der Waals surface area contributed by atoms with E-state index in [2.05, 4.69) is 21.2 Å². The van der Waals surface area contributed by atoms with E-state index in [0.717, 1.165) is 0 Å². The predicted octanol–water partition coefficient (Wildman–Crippen LogP) is 4.78. The van der Waals surface area contributed by atoms with Crippen LogP contribution in [0.25, 0.3) is 0 Å². The molecule has 0 radical (unpaired) electrons. The molecule has 1 aromatic carbocycles. The van der Waals surface area contributed by atoms with Gasteiger partial charge in [-0.05, 0) is 39.5 Å². The number of carbonyl (C=O) groups is 1. The number of halogens is 3. The van der Waals surface area contributed by atoms with E-state index in [9.17, 15) is 9.90 Å². The van der Waals surface area contributed by atoms with Crippen LogP contribution in [-0.2, 0) is 0 Å². The first-order valence-electron chi connectivity index (χ1n) is 4.71. The average molecular weight is 367 g/mol. The Morgan fingerprint density at radius 2 is 2.11 bits per heavy atom. The van der Waals surface area contributed by atoms with Crippen LogP contribution in [-0.4, -0.2) is 11.0 Å². The van der Waals surface area contributed by atoms with Gasteiger partial charge in [-0.15, -0.1) is 11.3 Å². The minimum Gasteiger partial charge on any atom is -0.504 e. The van der Waals surface area contributed by atoms with Crippen LogP contribution in [0, 0.1) is 0 Å². The standard InChI is InChI=1S/C11H6BrCl2NO2S/c12-6-1-2-18-10(6)11(17)15-8-4-5(13)3-7(14)9(8)16/h1-4,16H,(H,15,17). The van der Waals surface area contributed by atoms with Crippen LogP contribution in [0.1, 0.15) is 9.67 Å². The Morgan fingerprint density at radius 3 is 2.72 bits per heavy atom. The summed E-state index contributed by atoms with van der Waals surface area (Å²) in [5, 5.41) is 14.5. The van der Waals surface area contributed by atoms with Crippen molar-refractivity contribution >= 4 is 62.1 Å². The number of benzene rings is 1. The normalized spacial score (nSPS) is 10.4. The molecule has 7 heteroatoms. The van der Waals surface area contributed by atoms with Gasteiger partial charge in [0.1, 0.15) is 4.88 Å². The lowest BCUT2D eigenvalue weighted by molar-refractivity contribution is 0.102. The Labute approximate surface area is 125 Å². The van der Waals surface area contributed by atoms with Crippen molar-refractivity contribution in [3.8, 4) is 5.75 Å². The summed E-state index contributed by atoms with van der Waals surface area (Å²) in [5.74, 6) is -0.549. The maximum Gasteiger partial charge on any atom is 0.266 e. The van der Waals surface area contributed by atoms with Crippen molar-refractivity contribution in [2.24, 2.45) is 0 Å². The molecule has 0 bridgehead atoms. The summed E-state index contributed by atoms with van der Waals surface area (Å²) in [4.78, 5) is 12.4. The van der Waals surface area contributed by atoms with Gasteiger partial charge in [0.15, 0.2) is 5.75 Å².